The molecule has 0 saturated heterocycles. The van der Waals surface area contributed by atoms with Crippen LogP contribution in [-0.4, -0.2) is 26.6 Å². The average molecular weight is 223 g/mol. The van der Waals surface area contributed by atoms with E-state index in [9.17, 15) is 0 Å². The molecule has 0 unspecified atom stereocenters. The van der Waals surface area contributed by atoms with Crippen molar-refractivity contribution >= 4 is 8.24 Å². The Morgan fingerprint density at radius 3 is 2.27 bits per heavy atom. The summed E-state index contributed by atoms with van der Waals surface area (Å²) in [6.45, 7) is 7.59. The van der Waals surface area contributed by atoms with Crippen LogP contribution in [0.15, 0.2) is 30.3 Å². The quantitative estimate of drug-likeness (QED) is 0.562. The molecule has 15 heavy (non-hydrogen) atoms. The fourth-order valence-electron chi connectivity index (χ4n) is 1.14. The summed E-state index contributed by atoms with van der Waals surface area (Å²) in [5.74, 6) is 0. The third kappa shape index (κ3) is 4.60. The van der Waals surface area contributed by atoms with Gasteiger partial charge in [-0.1, -0.05) is 50.0 Å². The van der Waals surface area contributed by atoms with E-state index in [0.29, 0.717) is 0 Å². The molecule has 0 aliphatic rings. The molecule has 0 N–H and O–H groups in total. The van der Waals surface area contributed by atoms with Gasteiger partial charge in [-0.2, -0.15) is 0 Å². The lowest BCUT2D eigenvalue weighted by atomic mass is 10.2. The molecule has 0 aliphatic carbocycles. The molecule has 0 heterocycles. The summed E-state index contributed by atoms with van der Waals surface area (Å²) in [6, 6.07) is 10.4. The van der Waals surface area contributed by atoms with Crippen molar-refractivity contribution in [2.75, 3.05) is 13.7 Å². The number of nitrogens with zero attached hydrogens (tertiary/aromatic N) is 1. The van der Waals surface area contributed by atoms with Crippen LogP contribution in [0, 0.1) is 0 Å². The Morgan fingerprint density at radius 2 is 1.73 bits per heavy atom. The topological polar surface area (TPSA) is 12.5 Å². The Balaban J connectivity index is 2.28. The third-order valence-corrected chi connectivity index (χ3v) is 4.48. The van der Waals surface area contributed by atoms with Gasteiger partial charge in [-0.15, -0.1) is 0 Å². The van der Waals surface area contributed by atoms with Gasteiger partial charge < -0.3 is 4.84 Å². The molecule has 1 aromatic rings. The SMILES string of the molecule is CN(OCCc1ccccc1)[Si](C)(C)C. The molecule has 0 fully saturated rings. The molecule has 1 aromatic carbocycles. The second kappa shape index (κ2) is 5.44. The summed E-state index contributed by atoms with van der Waals surface area (Å²) in [4.78, 5) is 5.71. The number of hydroxylamine groups is 1. The van der Waals surface area contributed by atoms with Gasteiger partial charge >= 0.3 is 0 Å². The lowest BCUT2D eigenvalue weighted by molar-refractivity contribution is -0.0746. The first kappa shape index (κ1) is 12.4. The molecule has 0 radical (unpaired) electrons. The van der Waals surface area contributed by atoms with Crippen LogP contribution >= 0.6 is 0 Å². The fourth-order valence-corrected chi connectivity index (χ4v) is 1.62. The number of benzene rings is 1. The van der Waals surface area contributed by atoms with E-state index in [0.717, 1.165) is 13.0 Å². The van der Waals surface area contributed by atoms with Gasteiger partial charge in [-0.05, 0) is 12.0 Å². The molecule has 0 aliphatic heterocycles. The van der Waals surface area contributed by atoms with E-state index in [-0.39, 0.29) is 0 Å². The van der Waals surface area contributed by atoms with E-state index in [1.54, 1.807) is 0 Å². The van der Waals surface area contributed by atoms with Gasteiger partial charge in [0, 0.05) is 7.05 Å². The Morgan fingerprint density at radius 1 is 1.13 bits per heavy atom. The van der Waals surface area contributed by atoms with E-state index in [4.69, 9.17) is 4.84 Å². The fraction of sp³-hybridized carbons (Fsp3) is 0.500. The standard InChI is InChI=1S/C12H21NOSi/c1-13(15(2,3)4)14-11-10-12-8-6-5-7-9-12/h5-9H,10-11H2,1-4H3. The van der Waals surface area contributed by atoms with E-state index < -0.39 is 8.24 Å². The van der Waals surface area contributed by atoms with Crippen molar-refractivity contribution in [3.05, 3.63) is 35.9 Å². The van der Waals surface area contributed by atoms with Crippen LogP contribution in [0.4, 0.5) is 0 Å². The molecule has 0 aromatic heterocycles. The second-order valence-electron chi connectivity index (χ2n) is 4.74. The minimum absolute atomic E-state index is 0.769. The predicted octanol–water partition coefficient (Wildman–Crippen LogP) is 2.93. The van der Waals surface area contributed by atoms with Crippen LogP contribution in [0.5, 0.6) is 0 Å². The molecule has 84 valence electrons. The smallest absolute Gasteiger partial charge is 0.151 e. The summed E-state index contributed by atoms with van der Waals surface area (Å²) < 4.78 is 2.05. The summed E-state index contributed by atoms with van der Waals surface area (Å²) in [5.41, 5.74) is 1.33. The highest BCUT2D eigenvalue weighted by Crippen LogP contribution is 2.07. The van der Waals surface area contributed by atoms with Crippen LogP contribution in [0.2, 0.25) is 19.6 Å². The largest absolute Gasteiger partial charge is 0.306 e. The Labute approximate surface area is 93.9 Å². The highest BCUT2D eigenvalue weighted by molar-refractivity contribution is 6.72. The normalized spacial score (nSPS) is 12.1. The molecule has 0 bridgehead atoms. The maximum Gasteiger partial charge on any atom is 0.151 e. The first-order chi connectivity index (χ1) is 7.00. The van der Waals surface area contributed by atoms with E-state index in [1.807, 2.05) is 13.1 Å². The van der Waals surface area contributed by atoms with Gasteiger partial charge in [0.15, 0.2) is 8.24 Å². The van der Waals surface area contributed by atoms with Gasteiger partial charge in [0.2, 0.25) is 0 Å². The maximum atomic E-state index is 5.71. The molecule has 0 spiro atoms. The zero-order valence-corrected chi connectivity index (χ0v) is 11.2. The average Bonchev–Trinajstić information content (AvgIpc) is 2.18. The Bertz CT molecular complexity index is 281. The minimum Gasteiger partial charge on any atom is -0.306 e. The highest BCUT2D eigenvalue weighted by atomic mass is 28.3. The Hall–Kier alpha value is -0.643. The highest BCUT2D eigenvalue weighted by Gasteiger charge is 2.20. The van der Waals surface area contributed by atoms with E-state index in [1.165, 1.54) is 5.56 Å². The number of rotatable bonds is 5. The molecular formula is C12H21NOSi. The first-order valence-electron chi connectivity index (χ1n) is 5.41. The van der Waals surface area contributed by atoms with Crippen LogP contribution in [0.25, 0.3) is 0 Å². The van der Waals surface area contributed by atoms with Crippen molar-refractivity contribution in [3.8, 4) is 0 Å². The summed E-state index contributed by atoms with van der Waals surface area (Å²) in [7, 11) is 0.751. The third-order valence-electron chi connectivity index (χ3n) is 2.46. The van der Waals surface area contributed by atoms with E-state index >= 15 is 0 Å². The van der Waals surface area contributed by atoms with Crippen molar-refractivity contribution in [1.82, 2.24) is 4.73 Å². The lowest BCUT2D eigenvalue weighted by Crippen LogP contribution is -2.43. The van der Waals surface area contributed by atoms with Crippen molar-refractivity contribution in [2.45, 2.75) is 26.1 Å². The van der Waals surface area contributed by atoms with Crippen molar-refractivity contribution in [1.29, 1.82) is 0 Å². The Kier molecular flexibility index (Phi) is 4.51. The number of hydrogen-bond donors (Lipinski definition) is 0. The second-order valence-corrected chi connectivity index (χ2v) is 9.71. The van der Waals surface area contributed by atoms with Gasteiger partial charge in [-0.25, -0.2) is 4.73 Å². The van der Waals surface area contributed by atoms with Crippen molar-refractivity contribution < 1.29 is 4.84 Å². The summed E-state index contributed by atoms with van der Waals surface area (Å²) in [5, 5.41) is 0. The van der Waals surface area contributed by atoms with Crippen LogP contribution < -0.4 is 0 Å². The molecule has 0 saturated carbocycles. The van der Waals surface area contributed by atoms with Crippen molar-refractivity contribution in [3.63, 3.8) is 0 Å². The van der Waals surface area contributed by atoms with Gasteiger partial charge in [0.05, 0.1) is 6.61 Å². The summed E-state index contributed by atoms with van der Waals surface area (Å²) in [6.07, 6.45) is 0.982. The number of hydrogen-bond acceptors (Lipinski definition) is 2. The molecule has 0 amide bonds. The zero-order valence-electron chi connectivity index (χ0n) is 10.2. The molecule has 0 atom stereocenters. The van der Waals surface area contributed by atoms with Gasteiger partial charge in [0.1, 0.15) is 0 Å². The predicted molar refractivity (Wildman–Crippen MR) is 67.2 cm³/mol. The van der Waals surface area contributed by atoms with Crippen molar-refractivity contribution in [2.24, 2.45) is 0 Å². The zero-order chi connectivity index (χ0) is 11.3. The van der Waals surface area contributed by atoms with Crippen LogP contribution in [0.3, 0.4) is 0 Å². The minimum atomic E-state index is -1.29. The van der Waals surface area contributed by atoms with Gasteiger partial charge in [-0.3, -0.25) is 0 Å². The molecular weight excluding hydrogens is 202 g/mol. The lowest BCUT2D eigenvalue weighted by Gasteiger charge is -2.28. The van der Waals surface area contributed by atoms with E-state index in [2.05, 4.69) is 48.6 Å². The van der Waals surface area contributed by atoms with Crippen LogP contribution in [-0.2, 0) is 11.3 Å². The molecule has 3 heteroatoms. The van der Waals surface area contributed by atoms with Crippen LogP contribution in [0.1, 0.15) is 5.56 Å². The molecule has 1 rings (SSSR count). The summed E-state index contributed by atoms with van der Waals surface area (Å²) >= 11 is 0. The van der Waals surface area contributed by atoms with Gasteiger partial charge in [0.25, 0.3) is 0 Å². The monoisotopic (exact) mass is 223 g/mol. The first-order valence-corrected chi connectivity index (χ1v) is 8.85. The molecule has 2 nitrogen and oxygen atoms in total. The maximum absolute atomic E-state index is 5.71.